The maximum atomic E-state index is 12.8. The number of benzene rings is 1. The fraction of sp³-hybridized carbons (Fsp3) is 0.353. The largest absolute Gasteiger partial charge is 0.506 e. The molecule has 2 rings (SSSR count). The first-order valence-corrected chi connectivity index (χ1v) is 8.55. The van der Waals surface area contributed by atoms with E-state index in [-0.39, 0.29) is 37.4 Å². The molecule has 2 N–H and O–H groups in total. The zero-order chi connectivity index (χ0) is 19.6. The molecule has 0 fully saturated rings. The van der Waals surface area contributed by atoms with Crippen LogP contribution in [-0.2, 0) is 14.3 Å². The SMILES string of the molecule is CCOC(=O)CCC1=C(OCC)C(=O)c2c(O)c(Cl)c(Cl)c(O)c2C1=O. The van der Waals surface area contributed by atoms with Gasteiger partial charge >= 0.3 is 5.97 Å². The van der Waals surface area contributed by atoms with Crippen molar-refractivity contribution in [2.75, 3.05) is 13.2 Å². The summed E-state index contributed by atoms with van der Waals surface area (Å²) in [7, 11) is 0. The van der Waals surface area contributed by atoms with E-state index < -0.39 is 50.2 Å². The first-order chi connectivity index (χ1) is 12.3. The third-order valence-electron chi connectivity index (χ3n) is 3.71. The molecule has 26 heavy (non-hydrogen) atoms. The summed E-state index contributed by atoms with van der Waals surface area (Å²) in [5, 5.41) is 19.4. The summed E-state index contributed by atoms with van der Waals surface area (Å²) in [6.07, 6.45) is -0.305. The minimum absolute atomic E-state index is 0.0701. The fourth-order valence-corrected chi connectivity index (χ4v) is 2.96. The number of aromatic hydroxyl groups is 2. The highest BCUT2D eigenvalue weighted by molar-refractivity contribution is 6.45. The summed E-state index contributed by atoms with van der Waals surface area (Å²) >= 11 is 11.6. The van der Waals surface area contributed by atoms with E-state index in [0.29, 0.717) is 0 Å². The molecule has 0 saturated carbocycles. The van der Waals surface area contributed by atoms with Crippen molar-refractivity contribution in [2.24, 2.45) is 0 Å². The molecule has 7 nitrogen and oxygen atoms in total. The van der Waals surface area contributed by atoms with E-state index in [4.69, 9.17) is 32.7 Å². The number of phenols is 2. The van der Waals surface area contributed by atoms with Gasteiger partial charge in [0.1, 0.15) is 21.5 Å². The molecular formula is C17H16Cl2O7. The van der Waals surface area contributed by atoms with Crippen LogP contribution in [0, 0.1) is 0 Å². The van der Waals surface area contributed by atoms with Gasteiger partial charge in [0.25, 0.3) is 0 Å². The molecule has 0 radical (unpaired) electrons. The van der Waals surface area contributed by atoms with E-state index in [1.54, 1.807) is 13.8 Å². The van der Waals surface area contributed by atoms with Crippen LogP contribution in [0.5, 0.6) is 11.5 Å². The lowest BCUT2D eigenvalue weighted by Crippen LogP contribution is -2.25. The highest BCUT2D eigenvalue weighted by Crippen LogP contribution is 2.47. The predicted molar refractivity (Wildman–Crippen MR) is 93.0 cm³/mol. The maximum absolute atomic E-state index is 12.8. The van der Waals surface area contributed by atoms with Crippen molar-refractivity contribution >= 4 is 40.7 Å². The standard InChI is InChI=1S/C17H16Cl2O7/c1-3-25-8(20)6-5-7-13(21)9-10(16(24)17(7)26-4-2)15(23)12(19)11(18)14(9)22/h22-23H,3-6H2,1-2H3. The summed E-state index contributed by atoms with van der Waals surface area (Å²) in [4.78, 5) is 37.2. The number of halogens is 2. The Hall–Kier alpha value is -2.25. The van der Waals surface area contributed by atoms with Crippen molar-refractivity contribution in [3.8, 4) is 11.5 Å². The molecule has 0 spiro atoms. The third kappa shape index (κ3) is 3.37. The Morgan fingerprint density at radius 1 is 0.962 bits per heavy atom. The van der Waals surface area contributed by atoms with Crippen LogP contribution in [0.4, 0.5) is 0 Å². The summed E-state index contributed by atoms with van der Waals surface area (Å²) in [5.74, 6) is -3.90. The summed E-state index contributed by atoms with van der Waals surface area (Å²) < 4.78 is 10.1. The van der Waals surface area contributed by atoms with Crippen LogP contribution in [0.2, 0.25) is 10.0 Å². The average Bonchev–Trinajstić information content (AvgIpc) is 2.60. The number of carbonyl (C=O) groups is 3. The minimum Gasteiger partial charge on any atom is -0.506 e. The predicted octanol–water partition coefficient (Wildman–Crippen LogP) is 3.42. The van der Waals surface area contributed by atoms with Gasteiger partial charge in [0.2, 0.25) is 5.78 Å². The van der Waals surface area contributed by atoms with Gasteiger partial charge in [-0.05, 0) is 20.3 Å². The number of fused-ring (bicyclic) bond motifs is 1. The van der Waals surface area contributed by atoms with E-state index in [0.717, 1.165) is 0 Å². The topological polar surface area (TPSA) is 110 Å². The number of ether oxygens (including phenoxy) is 2. The van der Waals surface area contributed by atoms with Crippen LogP contribution >= 0.6 is 23.2 Å². The first kappa shape index (κ1) is 20.1. The van der Waals surface area contributed by atoms with Gasteiger partial charge < -0.3 is 19.7 Å². The number of phenolic OH excluding ortho intramolecular Hbond substituents is 2. The highest BCUT2D eigenvalue weighted by atomic mass is 35.5. The second kappa shape index (κ2) is 7.97. The van der Waals surface area contributed by atoms with Gasteiger partial charge in [-0.3, -0.25) is 14.4 Å². The number of hydrogen-bond acceptors (Lipinski definition) is 7. The molecular weight excluding hydrogens is 387 g/mol. The van der Waals surface area contributed by atoms with Gasteiger partial charge in [-0.2, -0.15) is 0 Å². The Morgan fingerprint density at radius 3 is 2.00 bits per heavy atom. The third-order valence-corrected chi connectivity index (χ3v) is 4.55. The molecule has 0 aromatic heterocycles. The molecule has 0 amide bonds. The average molecular weight is 403 g/mol. The molecule has 1 aliphatic carbocycles. The second-order valence-corrected chi connectivity index (χ2v) is 6.04. The lowest BCUT2D eigenvalue weighted by atomic mass is 9.85. The lowest BCUT2D eigenvalue weighted by Gasteiger charge is -2.23. The molecule has 0 atom stereocenters. The van der Waals surface area contributed by atoms with Crippen LogP contribution in [0.1, 0.15) is 47.4 Å². The molecule has 0 unspecified atom stereocenters. The normalized spacial score (nSPS) is 13.7. The lowest BCUT2D eigenvalue weighted by molar-refractivity contribution is -0.143. The number of carbonyl (C=O) groups excluding carboxylic acids is 3. The summed E-state index contributed by atoms with van der Waals surface area (Å²) in [5.41, 5.74) is -1.06. The van der Waals surface area contributed by atoms with Crippen molar-refractivity contribution in [3.63, 3.8) is 0 Å². The molecule has 140 valence electrons. The smallest absolute Gasteiger partial charge is 0.306 e. The van der Waals surface area contributed by atoms with Gasteiger partial charge in [-0.1, -0.05) is 23.2 Å². The summed E-state index contributed by atoms with van der Waals surface area (Å²) in [6, 6.07) is 0. The molecule has 1 aromatic carbocycles. The highest BCUT2D eigenvalue weighted by Gasteiger charge is 2.40. The zero-order valence-corrected chi connectivity index (χ0v) is 15.5. The quantitative estimate of drug-likeness (QED) is 0.553. The number of allylic oxidation sites excluding steroid dienone is 2. The molecule has 1 aromatic rings. The Bertz CT molecular complexity index is 827. The minimum atomic E-state index is -0.827. The first-order valence-electron chi connectivity index (χ1n) is 7.79. The van der Waals surface area contributed by atoms with E-state index in [9.17, 15) is 24.6 Å². The Balaban J connectivity index is 2.59. The molecule has 0 aliphatic heterocycles. The fourth-order valence-electron chi connectivity index (χ4n) is 2.60. The van der Waals surface area contributed by atoms with E-state index in [1.807, 2.05) is 0 Å². The molecule has 0 saturated heterocycles. The van der Waals surface area contributed by atoms with Gasteiger partial charge in [0.05, 0.1) is 24.3 Å². The van der Waals surface area contributed by atoms with Gasteiger partial charge in [-0.25, -0.2) is 0 Å². The van der Waals surface area contributed by atoms with Crippen LogP contribution in [-0.4, -0.2) is 41.0 Å². The molecule has 1 aliphatic rings. The van der Waals surface area contributed by atoms with E-state index in [2.05, 4.69) is 0 Å². The number of ketones is 2. The molecule has 0 heterocycles. The number of rotatable bonds is 6. The van der Waals surface area contributed by atoms with E-state index in [1.165, 1.54) is 0 Å². The van der Waals surface area contributed by atoms with Crippen LogP contribution in [0.3, 0.4) is 0 Å². The van der Waals surface area contributed by atoms with Gasteiger partial charge in [-0.15, -0.1) is 0 Å². The van der Waals surface area contributed by atoms with Crippen molar-refractivity contribution in [3.05, 3.63) is 32.5 Å². The van der Waals surface area contributed by atoms with Crippen LogP contribution < -0.4 is 0 Å². The van der Waals surface area contributed by atoms with Gasteiger partial charge in [0.15, 0.2) is 11.5 Å². The monoisotopic (exact) mass is 402 g/mol. The van der Waals surface area contributed by atoms with Gasteiger partial charge in [0, 0.05) is 12.0 Å². The second-order valence-electron chi connectivity index (χ2n) is 5.28. The molecule has 0 bridgehead atoms. The van der Waals surface area contributed by atoms with E-state index >= 15 is 0 Å². The Labute approximate surface area is 159 Å². The van der Waals surface area contributed by atoms with Crippen molar-refractivity contribution in [2.45, 2.75) is 26.7 Å². The van der Waals surface area contributed by atoms with Crippen molar-refractivity contribution in [1.82, 2.24) is 0 Å². The number of Topliss-reactive ketones (excluding diaryl/α,β-unsaturated/α-hetero) is 2. The van der Waals surface area contributed by atoms with Crippen LogP contribution in [0.25, 0.3) is 0 Å². The number of hydrogen-bond donors (Lipinski definition) is 2. The maximum Gasteiger partial charge on any atom is 0.306 e. The van der Waals surface area contributed by atoms with Crippen LogP contribution in [0.15, 0.2) is 11.3 Å². The zero-order valence-electron chi connectivity index (χ0n) is 14.0. The Kier molecular flexibility index (Phi) is 6.15. The summed E-state index contributed by atoms with van der Waals surface area (Å²) in [6.45, 7) is 3.49. The number of esters is 1. The Morgan fingerprint density at radius 2 is 1.50 bits per heavy atom. The van der Waals surface area contributed by atoms with Crippen molar-refractivity contribution in [1.29, 1.82) is 0 Å². The molecule has 9 heteroatoms. The van der Waals surface area contributed by atoms with Crippen molar-refractivity contribution < 1.29 is 34.1 Å².